The van der Waals surface area contributed by atoms with Crippen molar-refractivity contribution in [2.45, 2.75) is 20.0 Å². The number of halogens is 2. The summed E-state index contributed by atoms with van der Waals surface area (Å²) in [6, 6.07) is 8.29. The van der Waals surface area contributed by atoms with E-state index in [2.05, 4.69) is 0 Å². The number of aryl methyl sites for hydroxylation is 1. The second-order valence-electron chi connectivity index (χ2n) is 4.64. The van der Waals surface area contributed by atoms with Gasteiger partial charge in [-0.25, -0.2) is 8.78 Å². The summed E-state index contributed by atoms with van der Waals surface area (Å²) >= 11 is 0. The van der Waals surface area contributed by atoms with Crippen LogP contribution in [0.4, 0.5) is 8.78 Å². The van der Waals surface area contributed by atoms with Gasteiger partial charge >= 0.3 is 0 Å². The first-order valence-corrected chi connectivity index (χ1v) is 6.28. The molecule has 0 unspecified atom stereocenters. The summed E-state index contributed by atoms with van der Waals surface area (Å²) in [6.45, 7) is 3.01. The Hall–Kier alpha value is -2.45. The van der Waals surface area contributed by atoms with Crippen LogP contribution in [0.3, 0.4) is 0 Å². The minimum atomic E-state index is -0.964. The summed E-state index contributed by atoms with van der Waals surface area (Å²) in [5.41, 5.74) is 0.312. The van der Waals surface area contributed by atoms with Crippen LogP contribution in [0.2, 0.25) is 0 Å². The third-order valence-electron chi connectivity index (χ3n) is 3.05. The minimum Gasteiger partial charge on any atom is -0.455 e. The Morgan fingerprint density at radius 2 is 1.90 bits per heavy atom. The Labute approximate surface area is 121 Å². The quantitative estimate of drug-likeness (QED) is 0.929. The zero-order chi connectivity index (χ0) is 15.6. The molecule has 0 spiro atoms. The highest BCUT2D eigenvalue weighted by molar-refractivity contribution is 5.48. The summed E-state index contributed by atoms with van der Waals surface area (Å²) in [6.07, 6.45) is -0.964. The van der Waals surface area contributed by atoms with E-state index < -0.39 is 17.7 Å². The lowest BCUT2D eigenvalue weighted by Gasteiger charge is -2.15. The molecule has 0 aromatic heterocycles. The standard InChI is InChI=1S/C16H13F2NO2/c1-9-6-16(11(10(2)20)7-14(9)18)21-15-5-3-4-13(17)12(15)8-19/h3-7,10,20H,1-2H3/t10-/m1/s1. The maximum Gasteiger partial charge on any atom is 0.148 e. The van der Waals surface area contributed by atoms with Gasteiger partial charge in [0.1, 0.15) is 34.8 Å². The molecule has 0 radical (unpaired) electrons. The number of nitriles is 1. The SMILES string of the molecule is Cc1cc(Oc2cccc(F)c2C#N)c([C@@H](C)O)cc1F. The number of hydrogen-bond acceptors (Lipinski definition) is 3. The Kier molecular flexibility index (Phi) is 4.20. The van der Waals surface area contributed by atoms with Crippen LogP contribution in [-0.2, 0) is 0 Å². The number of aliphatic hydroxyl groups is 1. The second-order valence-corrected chi connectivity index (χ2v) is 4.64. The van der Waals surface area contributed by atoms with E-state index in [4.69, 9.17) is 10.00 Å². The third-order valence-corrected chi connectivity index (χ3v) is 3.05. The van der Waals surface area contributed by atoms with Crippen molar-refractivity contribution in [1.29, 1.82) is 5.26 Å². The molecular formula is C16H13F2NO2. The van der Waals surface area contributed by atoms with Crippen molar-refractivity contribution in [3.63, 3.8) is 0 Å². The van der Waals surface area contributed by atoms with Gasteiger partial charge in [-0.15, -0.1) is 0 Å². The zero-order valence-electron chi connectivity index (χ0n) is 11.5. The van der Waals surface area contributed by atoms with Crippen LogP contribution in [0.5, 0.6) is 11.5 Å². The lowest BCUT2D eigenvalue weighted by molar-refractivity contribution is 0.195. The zero-order valence-corrected chi connectivity index (χ0v) is 11.5. The highest BCUT2D eigenvalue weighted by Gasteiger charge is 2.16. The molecule has 0 bridgehead atoms. The molecule has 2 rings (SSSR count). The molecule has 2 aromatic rings. The lowest BCUT2D eigenvalue weighted by atomic mass is 10.1. The fourth-order valence-electron chi connectivity index (χ4n) is 1.90. The number of ether oxygens (including phenoxy) is 1. The molecule has 2 aromatic carbocycles. The molecule has 0 aliphatic rings. The molecule has 0 aliphatic heterocycles. The number of hydrogen-bond donors (Lipinski definition) is 1. The van der Waals surface area contributed by atoms with Gasteiger partial charge in [-0.2, -0.15) is 5.26 Å². The summed E-state index contributed by atoms with van der Waals surface area (Å²) in [5, 5.41) is 18.7. The first-order chi connectivity index (χ1) is 9.93. The Bertz CT molecular complexity index is 721. The highest BCUT2D eigenvalue weighted by Crippen LogP contribution is 2.33. The molecule has 1 atom stereocenters. The van der Waals surface area contributed by atoms with Crippen molar-refractivity contribution in [2.24, 2.45) is 0 Å². The van der Waals surface area contributed by atoms with Crippen molar-refractivity contribution >= 4 is 0 Å². The van der Waals surface area contributed by atoms with Crippen molar-refractivity contribution in [2.75, 3.05) is 0 Å². The first kappa shape index (κ1) is 14.9. The predicted molar refractivity (Wildman–Crippen MR) is 73.0 cm³/mol. The first-order valence-electron chi connectivity index (χ1n) is 6.28. The van der Waals surface area contributed by atoms with E-state index in [1.165, 1.54) is 31.2 Å². The number of rotatable bonds is 3. The molecule has 0 heterocycles. The van der Waals surface area contributed by atoms with Crippen molar-refractivity contribution in [3.8, 4) is 17.6 Å². The average Bonchev–Trinajstić information content (AvgIpc) is 2.42. The van der Waals surface area contributed by atoms with E-state index in [1.54, 1.807) is 13.0 Å². The molecule has 5 heteroatoms. The van der Waals surface area contributed by atoms with E-state index in [1.807, 2.05) is 0 Å². The smallest absolute Gasteiger partial charge is 0.148 e. The van der Waals surface area contributed by atoms with Crippen LogP contribution in [0, 0.1) is 29.9 Å². The van der Waals surface area contributed by atoms with Crippen molar-refractivity contribution < 1.29 is 18.6 Å². The van der Waals surface area contributed by atoms with Crippen molar-refractivity contribution in [1.82, 2.24) is 0 Å². The number of aliphatic hydroxyl groups excluding tert-OH is 1. The topological polar surface area (TPSA) is 53.2 Å². The average molecular weight is 289 g/mol. The van der Waals surface area contributed by atoms with Gasteiger partial charge in [0, 0.05) is 5.56 Å². The summed E-state index contributed by atoms with van der Waals surface area (Å²) < 4.78 is 32.7. The van der Waals surface area contributed by atoms with E-state index in [0.29, 0.717) is 5.56 Å². The van der Waals surface area contributed by atoms with Crippen LogP contribution in [0.15, 0.2) is 30.3 Å². The van der Waals surface area contributed by atoms with Crippen LogP contribution in [0.25, 0.3) is 0 Å². The van der Waals surface area contributed by atoms with Crippen LogP contribution in [-0.4, -0.2) is 5.11 Å². The van der Waals surface area contributed by atoms with Gasteiger partial charge in [-0.3, -0.25) is 0 Å². The molecule has 0 fully saturated rings. The molecule has 108 valence electrons. The van der Waals surface area contributed by atoms with Crippen molar-refractivity contribution in [3.05, 3.63) is 58.7 Å². The van der Waals surface area contributed by atoms with Gasteiger partial charge in [-0.05, 0) is 43.7 Å². The Morgan fingerprint density at radius 1 is 1.19 bits per heavy atom. The molecule has 0 amide bonds. The monoisotopic (exact) mass is 289 g/mol. The molecule has 0 aliphatic carbocycles. The van der Waals surface area contributed by atoms with E-state index in [0.717, 1.165) is 6.07 Å². The number of nitrogens with zero attached hydrogens (tertiary/aromatic N) is 1. The van der Waals surface area contributed by atoms with E-state index in [9.17, 15) is 13.9 Å². The van der Waals surface area contributed by atoms with Gasteiger partial charge in [0.15, 0.2) is 0 Å². The van der Waals surface area contributed by atoms with Crippen LogP contribution in [0.1, 0.15) is 29.7 Å². The molecule has 0 saturated carbocycles. The normalized spacial score (nSPS) is 11.8. The molecular weight excluding hydrogens is 276 g/mol. The fourth-order valence-corrected chi connectivity index (χ4v) is 1.90. The lowest BCUT2D eigenvalue weighted by Crippen LogP contribution is -2.00. The van der Waals surface area contributed by atoms with Gasteiger partial charge < -0.3 is 9.84 Å². The minimum absolute atomic E-state index is 0.0189. The largest absolute Gasteiger partial charge is 0.455 e. The summed E-state index contributed by atoms with van der Waals surface area (Å²) in [5.74, 6) is -0.971. The molecule has 1 N–H and O–H groups in total. The fraction of sp³-hybridized carbons (Fsp3) is 0.188. The summed E-state index contributed by atoms with van der Waals surface area (Å²) in [4.78, 5) is 0. The van der Waals surface area contributed by atoms with Crippen LogP contribution >= 0.6 is 0 Å². The molecule has 21 heavy (non-hydrogen) atoms. The highest BCUT2D eigenvalue weighted by atomic mass is 19.1. The predicted octanol–water partition coefficient (Wildman–Crippen LogP) is 3.99. The van der Waals surface area contributed by atoms with Gasteiger partial charge in [0.05, 0.1) is 6.10 Å². The third kappa shape index (κ3) is 3.01. The van der Waals surface area contributed by atoms with Crippen LogP contribution < -0.4 is 4.74 Å². The number of benzene rings is 2. The van der Waals surface area contributed by atoms with Gasteiger partial charge in [-0.1, -0.05) is 6.07 Å². The van der Waals surface area contributed by atoms with E-state index in [-0.39, 0.29) is 22.6 Å². The maximum absolute atomic E-state index is 13.6. The maximum atomic E-state index is 13.6. The molecule has 0 saturated heterocycles. The Balaban J connectivity index is 2.52. The molecule has 3 nitrogen and oxygen atoms in total. The Morgan fingerprint density at radius 3 is 2.52 bits per heavy atom. The van der Waals surface area contributed by atoms with Gasteiger partial charge in [0.2, 0.25) is 0 Å². The van der Waals surface area contributed by atoms with Gasteiger partial charge in [0.25, 0.3) is 0 Å². The van der Waals surface area contributed by atoms with E-state index >= 15 is 0 Å². The second kappa shape index (κ2) is 5.90. The summed E-state index contributed by atoms with van der Waals surface area (Å²) in [7, 11) is 0.